The minimum absolute atomic E-state index is 0.127. The lowest BCUT2D eigenvalue weighted by Gasteiger charge is -2.33. The summed E-state index contributed by atoms with van der Waals surface area (Å²) in [4.78, 5) is 28.3. The van der Waals surface area contributed by atoms with Crippen LogP contribution in [0.1, 0.15) is 39.0 Å². The van der Waals surface area contributed by atoms with Crippen LogP contribution in [0, 0.1) is 0 Å². The van der Waals surface area contributed by atoms with Gasteiger partial charge in [-0.3, -0.25) is 9.59 Å². The molecule has 0 atom stereocenters. The molecule has 2 rings (SSSR count). The molecule has 1 heterocycles. The van der Waals surface area contributed by atoms with Gasteiger partial charge in [0.15, 0.2) is 0 Å². The van der Waals surface area contributed by atoms with Crippen molar-refractivity contribution in [2.75, 3.05) is 44.4 Å². The molecule has 0 aromatic heterocycles. The van der Waals surface area contributed by atoms with E-state index in [-0.39, 0.29) is 11.8 Å². The van der Waals surface area contributed by atoms with E-state index in [9.17, 15) is 9.59 Å². The van der Waals surface area contributed by atoms with Gasteiger partial charge in [0.1, 0.15) is 0 Å². The Balaban J connectivity index is 1.70. The average molecular weight is 328 g/mol. The third-order valence-electron chi connectivity index (χ3n) is 4.49. The van der Waals surface area contributed by atoms with E-state index >= 15 is 0 Å². The Morgan fingerprint density at radius 3 is 2.45 bits per heavy atom. The summed E-state index contributed by atoms with van der Waals surface area (Å²) < 4.78 is 5.24. The van der Waals surface area contributed by atoms with Crippen molar-refractivity contribution < 1.29 is 14.3 Å². The molecule has 22 heavy (non-hydrogen) atoms. The lowest BCUT2D eigenvalue weighted by atomic mass is 9.94. The normalized spacial score (nSPS) is 20.0. The highest BCUT2D eigenvalue weighted by atomic mass is 32.2. The van der Waals surface area contributed by atoms with Crippen LogP contribution in [0.15, 0.2) is 0 Å². The predicted molar refractivity (Wildman–Crippen MR) is 89.0 cm³/mol. The maximum Gasteiger partial charge on any atom is 0.232 e. The largest absolute Gasteiger partial charge is 0.378 e. The van der Waals surface area contributed by atoms with Gasteiger partial charge in [-0.25, -0.2) is 0 Å². The van der Waals surface area contributed by atoms with Crippen LogP contribution in [-0.4, -0.2) is 72.0 Å². The molecule has 0 N–H and O–H groups in total. The van der Waals surface area contributed by atoms with E-state index in [1.165, 1.54) is 31.0 Å². The van der Waals surface area contributed by atoms with Gasteiger partial charge in [-0.15, -0.1) is 11.8 Å². The molecule has 2 amide bonds. The molecule has 2 aliphatic rings. The molecule has 1 aliphatic heterocycles. The van der Waals surface area contributed by atoms with E-state index in [4.69, 9.17) is 4.74 Å². The highest BCUT2D eigenvalue weighted by molar-refractivity contribution is 8.00. The lowest BCUT2D eigenvalue weighted by molar-refractivity contribution is -0.132. The molecule has 0 aromatic carbocycles. The van der Waals surface area contributed by atoms with E-state index in [0.29, 0.717) is 43.9 Å². The van der Waals surface area contributed by atoms with Gasteiger partial charge in [0, 0.05) is 25.7 Å². The van der Waals surface area contributed by atoms with Crippen LogP contribution in [0.4, 0.5) is 0 Å². The Labute approximate surface area is 137 Å². The molecule has 0 unspecified atom stereocenters. The maximum absolute atomic E-state index is 12.4. The molecular formula is C16H28N2O3S. The molecule has 0 aromatic rings. The molecule has 5 nitrogen and oxygen atoms in total. The van der Waals surface area contributed by atoms with Gasteiger partial charge in [0.25, 0.3) is 0 Å². The maximum atomic E-state index is 12.4. The number of rotatable bonds is 6. The summed E-state index contributed by atoms with van der Waals surface area (Å²) >= 11 is 1.45. The minimum atomic E-state index is 0.127. The number of amides is 2. The molecule has 1 saturated carbocycles. The molecule has 6 heteroatoms. The molecule has 2 fully saturated rings. The van der Waals surface area contributed by atoms with E-state index in [1.807, 2.05) is 9.80 Å². The first-order valence-electron chi connectivity index (χ1n) is 8.45. The Morgan fingerprint density at radius 2 is 1.82 bits per heavy atom. The molecule has 0 radical (unpaired) electrons. The first-order valence-corrected chi connectivity index (χ1v) is 9.60. The summed E-state index contributed by atoms with van der Waals surface area (Å²) in [5.41, 5.74) is 0. The number of carbonyl (C=O) groups excluding carboxylic acids is 2. The average Bonchev–Trinajstić information content (AvgIpc) is 2.57. The predicted octanol–water partition coefficient (Wildman–Crippen LogP) is 1.76. The standard InChI is InChI=1S/C16H28N2O3S/c1-2-18(14-6-4-3-5-7-14)16(20)13-22-12-15(19)17-8-10-21-11-9-17/h14H,2-13H2,1H3. The van der Waals surface area contributed by atoms with Gasteiger partial charge in [-0.05, 0) is 19.8 Å². The number of morpholine rings is 1. The number of ether oxygens (including phenoxy) is 1. The zero-order chi connectivity index (χ0) is 15.8. The van der Waals surface area contributed by atoms with Crippen LogP contribution < -0.4 is 0 Å². The molecule has 126 valence electrons. The van der Waals surface area contributed by atoms with Crippen LogP contribution in [0.25, 0.3) is 0 Å². The van der Waals surface area contributed by atoms with E-state index in [2.05, 4.69) is 6.92 Å². The molecule has 1 saturated heterocycles. The van der Waals surface area contributed by atoms with Crippen LogP contribution in [0.2, 0.25) is 0 Å². The number of thioether (sulfide) groups is 1. The first kappa shape index (κ1) is 17.6. The summed E-state index contributed by atoms with van der Waals surface area (Å²) in [6, 6.07) is 0.418. The summed E-state index contributed by atoms with van der Waals surface area (Å²) in [5.74, 6) is 1.13. The SMILES string of the molecule is CCN(C(=O)CSCC(=O)N1CCOCC1)C1CCCCC1. The van der Waals surface area contributed by atoms with Crippen molar-refractivity contribution in [3.8, 4) is 0 Å². The fourth-order valence-corrected chi connectivity index (χ4v) is 4.04. The van der Waals surface area contributed by atoms with Crippen molar-refractivity contribution in [2.45, 2.75) is 45.1 Å². The number of nitrogens with zero attached hydrogens (tertiary/aromatic N) is 2. The Hall–Kier alpha value is -0.750. The summed E-state index contributed by atoms with van der Waals surface area (Å²) in [6.45, 7) is 5.44. The monoisotopic (exact) mass is 328 g/mol. The molecule has 1 aliphatic carbocycles. The summed E-state index contributed by atoms with van der Waals surface area (Å²) in [7, 11) is 0. The van der Waals surface area contributed by atoms with E-state index in [1.54, 1.807) is 0 Å². The zero-order valence-corrected chi connectivity index (χ0v) is 14.4. The van der Waals surface area contributed by atoms with Crippen molar-refractivity contribution in [3.05, 3.63) is 0 Å². The van der Waals surface area contributed by atoms with Crippen LogP contribution in [0.5, 0.6) is 0 Å². The second-order valence-corrected chi connectivity index (χ2v) is 6.94. The number of carbonyl (C=O) groups is 2. The summed E-state index contributed by atoms with van der Waals surface area (Å²) in [6.07, 6.45) is 6.03. The fraction of sp³-hybridized carbons (Fsp3) is 0.875. The quantitative estimate of drug-likeness (QED) is 0.745. The van der Waals surface area contributed by atoms with Crippen LogP contribution in [0.3, 0.4) is 0 Å². The highest BCUT2D eigenvalue weighted by Crippen LogP contribution is 2.23. The summed E-state index contributed by atoms with van der Waals surface area (Å²) in [5, 5.41) is 0. The van der Waals surface area contributed by atoms with Gasteiger partial charge in [-0.2, -0.15) is 0 Å². The van der Waals surface area contributed by atoms with Crippen molar-refractivity contribution in [1.82, 2.24) is 9.80 Å². The van der Waals surface area contributed by atoms with E-state index < -0.39 is 0 Å². The van der Waals surface area contributed by atoms with Crippen LogP contribution >= 0.6 is 11.8 Å². The van der Waals surface area contributed by atoms with Crippen molar-refractivity contribution in [1.29, 1.82) is 0 Å². The minimum Gasteiger partial charge on any atom is -0.378 e. The first-order chi connectivity index (χ1) is 10.7. The van der Waals surface area contributed by atoms with Gasteiger partial charge < -0.3 is 14.5 Å². The third-order valence-corrected chi connectivity index (χ3v) is 5.39. The topological polar surface area (TPSA) is 49.9 Å². The smallest absolute Gasteiger partial charge is 0.232 e. The van der Waals surface area contributed by atoms with Crippen molar-refractivity contribution in [2.24, 2.45) is 0 Å². The van der Waals surface area contributed by atoms with Gasteiger partial charge in [0.05, 0.1) is 24.7 Å². The fourth-order valence-electron chi connectivity index (χ4n) is 3.24. The van der Waals surface area contributed by atoms with Gasteiger partial charge in [-0.1, -0.05) is 19.3 Å². The second kappa shape index (κ2) is 9.40. The Kier molecular flexibility index (Phi) is 7.52. The number of hydrogen-bond donors (Lipinski definition) is 0. The molecule has 0 spiro atoms. The molecule has 0 bridgehead atoms. The van der Waals surface area contributed by atoms with Gasteiger partial charge >= 0.3 is 0 Å². The van der Waals surface area contributed by atoms with Crippen LogP contribution in [-0.2, 0) is 14.3 Å². The zero-order valence-electron chi connectivity index (χ0n) is 13.6. The highest BCUT2D eigenvalue weighted by Gasteiger charge is 2.24. The third kappa shape index (κ3) is 5.16. The van der Waals surface area contributed by atoms with E-state index in [0.717, 1.165) is 19.4 Å². The lowest BCUT2D eigenvalue weighted by Crippen LogP contribution is -2.43. The molecular weight excluding hydrogens is 300 g/mol. The second-order valence-electron chi connectivity index (χ2n) is 5.96. The Morgan fingerprint density at radius 1 is 1.14 bits per heavy atom. The van der Waals surface area contributed by atoms with Crippen molar-refractivity contribution >= 4 is 23.6 Å². The van der Waals surface area contributed by atoms with Crippen molar-refractivity contribution in [3.63, 3.8) is 0 Å². The van der Waals surface area contributed by atoms with Gasteiger partial charge in [0.2, 0.25) is 11.8 Å². The number of hydrogen-bond acceptors (Lipinski definition) is 4. The Bertz CT molecular complexity index is 366.